The summed E-state index contributed by atoms with van der Waals surface area (Å²) in [5, 5.41) is 5.45. The highest BCUT2D eigenvalue weighted by atomic mass is 32.1. The van der Waals surface area contributed by atoms with Gasteiger partial charge in [0.2, 0.25) is 0 Å². The molecule has 0 aliphatic carbocycles. The van der Waals surface area contributed by atoms with Crippen LogP contribution in [0.4, 0.5) is 0 Å². The third-order valence-electron chi connectivity index (χ3n) is 2.65. The minimum atomic E-state index is -0.412. The van der Waals surface area contributed by atoms with Gasteiger partial charge in [0.15, 0.2) is 5.11 Å². The normalized spacial score (nSPS) is 23.9. The smallest absolute Gasteiger partial charge is 0.316 e. The van der Waals surface area contributed by atoms with Crippen LogP contribution in [0.2, 0.25) is 0 Å². The fourth-order valence-electron chi connectivity index (χ4n) is 1.86. The Labute approximate surface area is 109 Å². The predicted molar refractivity (Wildman–Crippen MR) is 71.4 cm³/mol. The summed E-state index contributed by atoms with van der Waals surface area (Å²) in [6.07, 6.45) is 0. The van der Waals surface area contributed by atoms with Crippen molar-refractivity contribution in [2.75, 3.05) is 7.11 Å². The zero-order valence-electron chi connectivity index (χ0n) is 9.47. The molecule has 0 radical (unpaired) electrons. The zero-order valence-corrected chi connectivity index (χ0v) is 11.1. The summed E-state index contributed by atoms with van der Waals surface area (Å²) in [4.78, 5) is 17.0. The van der Waals surface area contributed by atoms with Crippen molar-refractivity contribution in [3.8, 4) is 0 Å². The Kier molecular flexibility index (Phi) is 3.54. The number of thiophene rings is 1. The lowest BCUT2D eigenvalue weighted by Crippen LogP contribution is -2.43. The second kappa shape index (κ2) is 4.93. The van der Waals surface area contributed by atoms with E-state index in [1.807, 2.05) is 17.5 Å². The van der Waals surface area contributed by atoms with E-state index in [-0.39, 0.29) is 12.0 Å². The number of hydrogen-bond acceptors (Lipinski definition) is 4. The quantitative estimate of drug-likeness (QED) is 0.658. The maximum absolute atomic E-state index is 11.8. The number of thiocarbonyl (C=S) groups is 1. The molecular weight excluding hydrogens is 256 g/mol. The summed E-state index contributed by atoms with van der Waals surface area (Å²) >= 11 is 6.64. The largest absolute Gasteiger partial charge is 0.468 e. The third kappa shape index (κ3) is 2.37. The fourth-order valence-corrected chi connectivity index (χ4v) is 2.94. The lowest BCUT2D eigenvalue weighted by Gasteiger charge is -2.29. The second-order valence-electron chi connectivity index (χ2n) is 3.70. The van der Waals surface area contributed by atoms with Crippen molar-refractivity contribution in [2.45, 2.75) is 13.0 Å². The van der Waals surface area contributed by atoms with Crippen molar-refractivity contribution in [3.63, 3.8) is 0 Å². The number of rotatable bonds is 2. The first kappa shape index (κ1) is 12.2. The fraction of sp³-hybridized carbons (Fsp3) is 0.364. The van der Waals surface area contributed by atoms with Gasteiger partial charge in [0, 0.05) is 10.6 Å². The molecule has 2 unspecified atom stereocenters. The topological polar surface area (TPSA) is 50.7 Å². The van der Waals surface area contributed by atoms with Crippen molar-refractivity contribution in [1.82, 2.24) is 5.32 Å². The molecule has 0 aromatic carbocycles. The number of nitrogens with one attached hydrogen (secondary N) is 1. The first-order chi connectivity index (χ1) is 8.13. The van der Waals surface area contributed by atoms with E-state index in [9.17, 15) is 4.79 Å². The Hall–Kier alpha value is -1.27. The molecule has 0 saturated heterocycles. The number of carbonyl (C=O) groups excluding carboxylic acids is 1. The van der Waals surface area contributed by atoms with Crippen molar-refractivity contribution >= 4 is 40.3 Å². The molecule has 2 heterocycles. The molecule has 0 amide bonds. The lowest BCUT2D eigenvalue weighted by atomic mass is 9.92. The van der Waals surface area contributed by atoms with Crippen molar-refractivity contribution in [2.24, 2.45) is 10.9 Å². The number of ether oxygens (including phenoxy) is 1. The average Bonchev–Trinajstić information content (AvgIpc) is 2.80. The summed E-state index contributed by atoms with van der Waals surface area (Å²) in [5.41, 5.74) is 0.694. The third-order valence-corrected chi connectivity index (χ3v) is 3.81. The predicted octanol–water partition coefficient (Wildman–Crippen LogP) is 1.93. The monoisotopic (exact) mass is 268 g/mol. The van der Waals surface area contributed by atoms with E-state index < -0.39 is 5.92 Å². The van der Waals surface area contributed by atoms with Gasteiger partial charge in [-0.3, -0.25) is 4.79 Å². The Balaban J connectivity index is 2.38. The van der Waals surface area contributed by atoms with Crippen LogP contribution in [0, 0.1) is 5.92 Å². The van der Waals surface area contributed by atoms with Crippen LogP contribution in [0.25, 0.3) is 0 Å². The summed E-state index contributed by atoms with van der Waals surface area (Å²) in [5.74, 6) is -0.704. The van der Waals surface area contributed by atoms with Gasteiger partial charge in [0.1, 0.15) is 5.92 Å². The molecule has 1 aromatic rings. The summed E-state index contributed by atoms with van der Waals surface area (Å²) in [6, 6.07) is 3.74. The molecule has 1 N–H and O–H groups in total. The maximum atomic E-state index is 11.8. The van der Waals surface area contributed by atoms with Crippen LogP contribution < -0.4 is 5.32 Å². The maximum Gasteiger partial charge on any atom is 0.316 e. The number of nitrogens with zero attached hydrogens (tertiary/aromatic N) is 1. The Morgan fingerprint density at radius 1 is 1.65 bits per heavy atom. The van der Waals surface area contributed by atoms with E-state index in [0.29, 0.717) is 10.8 Å². The summed E-state index contributed by atoms with van der Waals surface area (Å²) < 4.78 is 4.83. The standard InChI is InChI=1S/C11H12N2O2S2/c1-6-8(10(14)15-2)9(13-11(16)12-6)7-4-3-5-17-7/h3-5,8-9H,1-2H3,(H,13,16). The molecule has 0 saturated carbocycles. The number of methoxy groups -OCH3 is 1. The number of carbonyl (C=O) groups is 1. The van der Waals surface area contributed by atoms with E-state index in [0.717, 1.165) is 4.88 Å². The highest BCUT2D eigenvalue weighted by Gasteiger charge is 2.36. The van der Waals surface area contributed by atoms with Gasteiger partial charge in [0.05, 0.1) is 13.2 Å². The first-order valence-electron chi connectivity index (χ1n) is 5.10. The first-order valence-corrected chi connectivity index (χ1v) is 6.39. The van der Waals surface area contributed by atoms with Crippen LogP contribution in [0.15, 0.2) is 22.5 Å². The van der Waals surface area contributed by atoms with Crippen LogP contribution >= 0.6 is 23.6 Å². The zero-order chi connectivity index (χ0) is 12.4. The van der Waals surface area contributed by atoms with E-state index in [1.54, 1.807) is 18.3 Å². The van der Waals surface area contributed by atoms with Gasteiger partial charge in [-0.2, -0.15) is 0 Å². The number of hydrogen-bond donors (Lipinski definition) is 1. The van der Waals surface area contributed by atoms with Gasteiger partial charge >= 0.3 is 5.97 Å². The molecule has 0 bridgehead atoms. The minimum Gasteiger partial charge on any atom is -0.468 e. The van der Waals surface area contributed by atoms with Gasteiger partial charge in [-0.1, -0.05) is 6.07 Å². The van der Waals surface area contributed by atoms with Gasteiger partial charge in [-0.05, 0) is 30.6 Å². The van der Waals surface area contributed by atoms with E-state index in [1.165, 1.54) is 7.11 Å². The van der Waals surface area contributed by atoms with Crippen molar-refractivity contribution in [1.29, 1.82) is 0 Å². The van der Waals surface area contributed by atoms with Crippen LogP contribution in [-0.2, 0) is 9.53 Å². The molecule has 0 spiro atoms. The van der Waals surface area contributed by atoms with Gasteiger partial charge < -0.3 is 10.1 Å². The Morgan fingerprint density at radius 3 is 3.00 bits per heavy atom. The average molecular weight is 268 g/mol. The number of aliphatic imine (C=N–C) groups is 1. The van der Waals surface area contributed by atoms with Crippen LogP contribution in [0.3, 0.4) is 0 Å². The minimum absolute atomic E-state index is 0.174. The van der Waals surface area contributed by atoms with Crippen LogP contribution in [0.5, 0.6) is 0 Å². The van der Waals surface area contributed by atoms with E-state index in [4.69, 9.17) is 17.0 Å². The highest BCUT2D eigenvalue weighted by molar-refractivity contribution is 7.80. The molecule has 2 atom stereocenters. The molecule has 4 nitrogen and oxygen atoms in total. The molecule has 17 heavy (non-hydrogen) atoms. The second-order valence-corrected chi connectivity index (χ2v) is 5.06. The lowest BCUT2D eigenvalue weighted by molar-refractivity contribution is -0.143. The molecule has 1 aliphatic heterocycles. The van der Waals surface area contributed by atoms with E-state index >= 15 is 0 Å². The molecule has 0 fully saturated rings. The van der Waals surface area contributed by atoms with Gasteiger partial charge in [-0.15, -0.1) is 11.3 Å². The number of esters is 1. The summed E-state index contributed by atoms with van der Waals surface area (Å²) in [6.45, 7) is 1.80. The van der Waals surface area contributed by atoms with E-state index in [2.05, 4.69) is 10.3 Å². The van der Waals surface area contributed by atoms with Gasteiger partial charge in [-0.25, -0.2) is 4.99 Å². The molecule has 90 valence electrons. The van der Waals surface area contributed by atoms with Crippen molar-refractivity contribution in [3.05, 3.63) is 22.4 Å². The van der Waals surface area contributed by atoms with Crippen molar-refractivity contribution < 1.29 is 9.53 Å². The molecule has 1 aliphatic rings. The summed E-state index contributed by atoms with van der Waals surface area (Å²) in [7, 11) is 1.38. The van der Waals surface area contributed by atoms with Crippen LogP contribution in [0.1, 0.15) is 17.8 Å². The molecule has 1 aromatic heterocycles. The Morgan fingerprint density at radius 2 is 2.41 bits per heavy atom. The van der Waals surface area contributed by atoms with Gasteiger partial charge in [0.25, 0.3) is 0 Å². The highest BCUT2D eigenvalue weighted by Crippen LogP contribution is 2.30. The Bertz CT molecular complexity index is 468. The van der Waals surface area contributed by atoms with Crippen LogP contribution in [-0.4, -0.2) is 23.9 Å². The SMILES string of the molecule is COC(=O)C1C(C)=NC(=S)NC1c1cccs1. The molecule has 2 rings (SSSR count). The molecule has 6 heteroatoms. The molecular formula is C11H12N2O2S2.